The van der Waals surface area contributed by atoms with Crippen LogP contribution in [-0.2, 0) is 6.54 Å². The van der Waals surface area contributed by atoms with Gasteiger partial charge in [-0.25, -0.2) is 0 Å². The lowest BCUT2D eigenvalue weighted by atomic mass is 10.1. The van der Waals surface area contributed by atoms with Gasteiger partial charge in [0.2, 0.25) is 0 Å². The molecule has 0 radical (unpaired) electrons. The number of nitrogens with two attached hydrogens (primary N) is 1. The summed E-state index contributed by atoms with van der Waals surface area (Å²) in [4.78, 5) is 2.15. The second-order valence-corrected chi connectivity index (χ2v) is 4.12. The molecule has 0 aliphatic heterocycles. The maximum absolute atomic E-state index is 8.79. The van der Waals surface area contributed by atoms with E-state index >= 15 is 0 Å². The van der Waals surface area contributed by atoms with Gasteiger partial charge in [0, 0.05) is 30.9 Å². The van der Waals surface area contributed by atoms with Crippen molar-refractivity contribution >= 4 is 5.69 Å². The van der Waals surface area contributed by atoms with Crippen LogP contribution in [0.5, 0.6) is 5.75 Å². The van der Waals surface area contributed by atoms with Crippen LogP contribution in [0.2, 0.25) is 0 Å². The predicted octanol–water partition coefficient (Wildman–Crippen LogP) is 1.48. The summed E-state index contributed by atoms with van der Waals surface area (Å²) in [6.45, 7) is 4.48. The number of aliphatic hydroxyl groups is 1. The molecule has 4 nitrogen and oxygen atoms in total. The molecule has 0 spiro atoms. The minimum atomic E-state index is 0.222. The van der Waals surface area contributed by atoms with Crippen LogP contribution < -0.4 is 10.5 Å². The quantitative estimate of drug-likeness (QED) is 0.706. The lowest BCUT2D eigenvalue weighted by molar-refractivity contribution is 0.241. The molecule has 17 heavy (non-hydrogen) atoms. The van der Waals surface area contributed by atoms with Crippen molar-refractivity contribution in [1.82, 2.24) is 4.90 Å². The standard InChI is InChI=1S/C13H22N2O2/c1-3-17-13-6-5-12(14)9-11(13)10-15(2)7-4-8-16/h5-6,9,16H,3-4,7-8,10,14H2,1-2H3. The van der Waals surface area contributed by atoms with E-state index in [1.54, 1.807) is 0 Å². The minimum Gasteiger partial charge on any atom is -0.494 e. The van der Waals surface area contributed by atoms with Gasteiger partial charge in [0.25, 0.3) is 0 Å². The van der Waals surface area contributed by atoms with Crippen molar-refractivity contribution < 1.29 is 9.84 Å². The van der Waals surface area contributed by atoms with E-state index in [2.05, 4.69) is 4.90 Å². The number of benzene rings is 1. The van der Waals surface area contributed by atoms with Crippen LogP contribution >= 0.6 is 0 Å². The molecule has 0 fully saturated rings. The zero-order valence-corrected chi connectivity index (χ0v) is 10.6. The van der Waals surface area contributed by atoms with Crippen molar-refractivity contribution in [3.8, 4) is 5.75 Å². The fraction of sp³-hybridized carbons (Fsp3) is 0.538. The number of anilines is 1. The summed E-state index contributed by atoms with van der Waals surface area (Å²) in [7, 11) is 2.02. The van der Waals surface area contributed by atoms with Gasteiger partial charge in [-0.3, -0.25) is 0 Å². The smallest absolute Gasteiger partial charge is 0.123 e. The molecule has 0 saturated heterocycles. The molecular weight excluding hydrogens is 216 g/mol. The van der Waals surface area contributed by atoms with Crippen molar-refractivity contribution in [2.24, 2.45) is 0 Å². The first-order valence-corrected chi connectivity index (χ1v) is 5.98. The highest BCUT2D eigenvalue weighted by atomic mass is 16.5. The van der Waals surface area contributed by atoms with Crippen molar-refractivity contribution in [3.05, 3.63) is 23.8 Å². The Balaban J connectivity index is 2.69. The highest BCUT2D eigenvalue weighted by Gasteiger charge is 2.07. The van der Waals surface area contributed by atoms with Gasteiger partial charge < -0.3 is 20.5 Å². The lowest BCUT2D eigenvalue weighted by Gasteiger charge is -2.18. The largest absolute Gasteiger partial charge is 0.494 e. The molecule has 3 N–H and O–H groups in total. The average molecular weight is 238 g/mol. The third-order valence-corrected chi connectivity index (χ3v) is 2.52. The molecule has 96 valence electrons. The van der Waals surface area contributed by atoms with E-state index in [4.69, 9.17) is 15.6 Å². The third-order valence-electron chi connectivity index (χ3n) is 2.52. The zero-order chi connectivity index (χ0) is 12.7. The van der Waals surface area contributed by atoms with Gasteiger partial charge in [0.05, 0.1) is 6.61 Å². The second kappa shape index (κ2) is 7.14. The summed E-state index contributed by atoms with van der Waals surface area (Å²) >= 11 is 0. The molecule has 0 saturated carbocycles. The molecule has 0 bridgehead atoms. The van der Waals surface area contributed by atoms with E-state index in [-0.39, 0.29) is 6.61 Å². The van der Waals surface area contributed by atoms with Crippen molar-refractivity contribution in [1.29, 1.82) is 0 Å². The predicted molar refractivity (Wildman–Crippen MR) is 70.1 cm³/mol. The van der Waals surface area contributed by atoms with Crippen LogP contribution in [0.4, 0.5) is 5.69 Å². The summed E-state index contributed by atoms with van der Waals surface area (Å²) in [5.74, 6) is 0.887. The Morgan fingerprint density at radius 1 is 1.41 bits per heavy atom. The maximum Gasteiger partial charge on any atom is 0.123 e. The average Bonchev–Trinajstić information content (AvgIpc) is 2.30. The summed E-state index contributed by atoms with van der Waals surface area (Å²) in [6, 6.07) is 5.71. The number of hydrogen-bond acceptors (Lipinski definition) is 4. The molecule has 1 aromatic carbocycles. The fourth-order valence-electron chi connectivity index (χ4n) is 1.73. The Hall–Kier alpha value is -1.26. The summed E-state index contributed by atoms with van der Waals surface area (Å²) in [6.07, 6.45) is 0.781. The Morgan fingerprint density at radius 3 is 2.82 bits per heavy atom. The highest BCUT2D eigenvalue weighted by molar-refractivity contribution is 5.47. The van der Waals surface area contributed by atoms with Gasteiger partial charge in [0.15, 0.2) is 0 Å². The van der Waals surface area contributed by atoms with E-state index in [1.165, 1.54) is 0 Å². The molecule has 0 aliphatic carbocycles. The Labute approximate surface area is 103 Å². The number of ether oxygens (including phenoxy) is 1. The SMILES string of the molecule is CCOc1ccc(N)cc1CN(C)CCCO. The van der Waals surface area contributed by atoms with Crippen LogP contribution in [0.25, 0.3) is 0 Å². The third kappa shape index (κ3) is 4.63. The first kappa shape index (κ1) is 13.8. The molecule has 0 aliphatic rings. The van der Waals surface area contributed by atoms with Crippen LogP contribution in [0.15, 0.2) is 18.2 Å². The van der Waals surface area contributed by atoms with Gasteiger partial charge in [-0.2, -0.15) is 0 Å². The molecule has 0 unspecified atom stereocenters. The van der Waals surface area contributed by atoms with E-state index in [1.807, 2.05) is 32.2 Å². The van der Waals surface area contributed by atoms with Crippen LogP contribution in [0.1, 0.15) is 18.9 Å². The molecule has 0 atom stereocenters. The summed E-state index contributed by atoms with van der Waals surface area (Å²) in [5, 5.41) is 8.79. The Bertz CT molecular complexity index is 342. The molecule has 0 amide bonds. The molecule has 1 rings (SSSR count). The number of aliphatic hydroxyl groups excluding tert-OH is 1. The zero-order valence-electron chi connectivity index (χ0n) is 10.6. The van der Waals surface area contributed by atoms with Gasteiger partial charge >= 0.3 is 0 Å². The monoisotopic (exact) mass is 238 g/mol. The van der Waals surface area contributed by atoms with E-state index < -0.39 is 0 Å². The normalized spacial score (nSPS) is 10.8. The minimum absolute atomic E-state index is 0.222. The van der Waals surface area contributed by atoms with Crippen molar-refractivity contribution in [2.75, 3.05) is 32.5 Å². The van der Waals surface area contributed by atoms with Crippen molar-refractivity contribution in [3.63, 3.8) is 0 Å². The van der Waals surface area contributed by atoms with E-state index in [0.29, 0.717) is 6.61 Å². The van der Waals surface area contributed by atoms with E-state index in [0.717, 1.165) is 36.5 Å². The molecule has 4 heteroatoms. The van der Waals surface area contributed by atoms with E-state index in [9.17, 15) is 0 Å². The van der Waals surface area contributed by atoms with Crippen LogP contribution in [0, 0.1) is 0 Å². The Morgan fingerprint density at radius 2 is 2.18 bits per heavy atom. The van der Waals surface area contributed by atoms with Crippen molar-refractivity contribution in [2.45, 2.75) is 19.9 Å². The van der Waals surface area contributed by atoms with Gasteiger partial charge in [-0.1, -0.05) is 0 Å². The molecule has 0 heterocycles. The van der Waals surface area contributed by atoms with Gasteiger partial charge in [0.1, 0.15) is 5.75 Å². The summed E-state index contributed by atoms with van der Waals surface area (Å²) in [5.41, 5.74) is 7.62. The number of nitrogens with zero attached hydrogens (tertiary/aromatic N) is 1. The lowest BCUT2D eigenvalue weighted by Crippen LogP contribution is -2.20. The topological polar surface area (TPSA) is 58.7 Å². The van der Waals surface area contributed by atoms with Crippen LogP contribution in [0.3, 0.4) is 0 Å². The van der Waals surface area contributed by atoms with Crippen LogP contribution in [-0.4, -0.2) is 36.8 Å². The number of rotatable bonds is 7. The summed E-state index contributed by atoms with van der Waals surface area (Å²) < 4.78 is 5.57. The fourth-order valence-corrected chi connectivity index (χ4v) is 1.73. The molecule has 1 aromatic rings. The van der Waals surface area contributed by atoms with Gasteiger partial charge in [-0.15, -0.1) is 0 Å². The highest BCUT2D eigenvalue weighted by Crippen LogP contribution is 2.22. The molecule has 0 aromatic heterocycles. The maximum atomic E-state index is 8.79. The Kier molecular flexibility index (Phi) is 5.80. The molecular formula is C13H22N2O2. The van der Waals surface area contributed by atoms with Gasteiger partial charge in [-0.05, 0) is 38.6 Å². The second-order valence-electron chi connectivity index (χ2n) is 4.12. The first-order chi connectivity index (χ1) is 8.17. The number of nitrogen functional groups attached to an aromatic ring is 1. The number of hydrogen-bond donors (Lipinski definition) is 2. The first-order valence-electron chi connectivity index (χ1n) is 5.98.